The van der Waals surface area contributed by atoms with E-state index in [1.54, 1.807) is 0 Å². The molecule has 0 bridgehead atoms. The Bertz CT molecular complexity index is 246. The van der Waals surface area contributed by atoms with E-state index in [4.69, 9.17) is 0 Å². The summed E-state index contributed by atoms with van der Waals surface area (Å²) < 4.78 is 0. The largest absolute Gasteiger partial charge is 0.261 e. The van der Waals surface area contributed by atoms with Crippen molar-refractivity contribution >= 4 is 0 Å². The maximum Gasteiger partial charge on any atom is 0.0372 e. The van der Waals surface area contributed by atoms with Crippen molar-refractivity contribution in [2.24, 2.45) is 5.92 Å². The fraction of sp³-hybridized carbons (Fsp3) is 0.545. The van der Waals surface area contributed by atoms with Crippen LogP contribution in [0.5, 0.6) is 0 Å². The van der Waals surface area contributed by atoms with Gasteiger partial charge in [-0.1, -0.05) is 25.3 Å². The molecule has 1 saturated carbocycles. The van der Waals surface area contributed by atoms with Crippen LogP contribution in [0.4, 0.5) is 0 Å². The lowest BCUT2D eigenvalue weighted by atomic mass is 9.81. The standard InChI is InChI=1S/C11H15N/c1-9-5-6-11(8-12-9)7-10-3-2-4-10/h5-6,8,10H,2-4,7H2,1H3. The summed E-state index contributed by atoms with van der Waals surface area (Å²) in [7, 11) is 0. The smallest absolute Gasteiger partial charge is 0.0372 e. The minimum absolute atomic E-state index is 0.953. The zero-order valence-corrected chi connectivity index (χ0v) is 7.59. The summed E-state index contributed by atoms with van der Waals surface area (Å²) in [5.41, 5.74) is 2.53. The Morgan fingerprint density at radius 2 is 2.25 bits per heavy atom. The molecule has 1 aromatic heterocycles. The molecule has 1 aliphatic carbocycles. The van der Waals surface area contributed by atoms with Crippen molar-refractivity contribution in [2.45, 2.75) is 32.6 Å². The molecule has 0 aromatic carbocycles. The molecule has 0 spiro atoms. The predicted octanol–water partition coefficient (Wildman–Crippen LogP) is 2.73. The Kier molecular flexibility index (Phi) is 2.11. The molecular weight excluding hydrogens is 146 g/mol. The van der Waals surface area contributed by atoms with Crippen molar-refractivity contribution in [1.82, 2.24) is 4.98 Å². The first-order valence-electron chi connectivity index (χ1n) is 4.76. The second-order valence-corrected chi connectivity index (χ2v) is 3.81. The monoisotopic (exact) mass is 161 g/mol. The van der Waals surface area contributed by atoms with Gasteiger partial charge in [0.2, 0.25) is 0 Å². The number of hydrogen-bond donors (Lipinski definition) is 0. The average Bonchev–Trinajstić information content (AvgIpc) is 2.00. The molecule has 0 amide bonds. The van der Waals surface area contributed by atoms with Gasteiger partial charge >= 0.3 is 0 Å². The normalized spacial score (nSPS) is 17.4. The van der Waals surface area contributed by atoms with E-state index in [2.05, 4.69) is 17.1 Å². The third-order valence-corrected chi connectivity index (χ3v) is 2.72. The van der Waals surface area contributed by atoms with Crippen LogP contribution in [-0.2, 0) is 6.42 Å². The van der Waals surface area contributed by atoms with E-state index >= 15 is 0 Å². The molecule has 0 unspecified atom stereocenters. The fourth-order valence-electron chi connectivity index (χ4n) is 1.65. The zero-order valence-electron chi connectivity index (χ0n) is 7.59. The van der Waals surface area contributed by atoms with Gasteiger partial charge in [-0.05, 0) is 30.9 Å². The van der Waals surface area contributed by atoms with Crippen LogP contribution in [0, 0.1) is 12.8 Å². The van der Waals surface area contributed by atoms with Crippen molar-refractivity contribution in [2.75, 3.05) is 0 Å². The summed E-state index contributed by atoms with van der Waals surface area (Å²) in [5, 5.41) is 0. The van der Waals surface area contributed by atoms with E-state index in [9.17, 15) is 0 Å². The minimum atomic E-state index is 0.953. The highest BCUT2D eigenvalue weighted by atomic mass is 14.7. The van der Waals surface area contributed by atoms with E-state index in [-0.39, 0.29) is 0 Å². The summed E-state index contributed by atoms with van der Waals surface area (Å²) >= 11 is 0. The molecule has 12 heavy (non-hydrogen) atoms. The maximum atomic E-state index is 4.29. The lowest BCUT2D eigenvalue weighted by Crippen LogP contribution is -2.13. The Balaban J connectivity index is 1.98. The molecule has 1 aliphatic rings. The Morgan fingerprint density at radius 3 is 2.75 bits per heavy atom. The molecule has 1 aromatic rings. The summed E-state index contributed by atoms with van der Waals surface area (Å²) in [6, 6.07) is 4.31. The highest BCUT2D eigenvalue weighted by Crippen LogP contribution is 2.29. The van der Waals surface area contributed by atoms with E-state index in [1.807, 2.05) is 13.1 Å². The van der Waals surface area contributed by atoms with Crippen LogP contribution in [0.2, 0.25) is 0 Å². The SMILES string of the molecule is Cc1ccc(CC2CCC2)cn1. The molecule has 1 heterocycles. The van der Waals surface area contributed by atoms with Crippen LogP contribution in [0.1, 0.15) is 30.5 Å². The van der Waals surface area contributed by atoms with Crippen LogP contribution < -0.4 is 0 Å². The molecule has 1 fully saturated rings. The number of nitrogens with zero attached hydrogens (tertiary/aromatic N) is 1. The van der Waals surface area contributed by atoms with Crippen LogP contribution in [-0.4, -0.2) is 4.98 Å². The molecular formula is C11H15N. The third-order valence-electron chi connectivity index (χ3n) is 2.72. The van der Waals surface area contributed by atoms with Gasteiger partial charge < -0.3 is 0 Å². The van der Waals surface area contributed by atoms with Crippen molar-refractivity contribution < 1.29 is 0 Å². The number of aryl methyl sites for hydroxylation is 1. The lowest BCUT2D eigenvalue weighted by Gasteiger charge is -2.25. The van der Waals surface area contributed by atoms with Gasteiger partial charge in [0, 0.05) is 11.9 Å². The van der Waals surface area contributed by atoms with Crippen molar-refractivity contribution in [3.05, 3.63) is 29.6 Å². The van der Waals surface area contributed by atoms with Crippen molar-refractivity contribution in [1.29, 1.82) is 0 Å². The first kappa shape index (κ1) is 7.78. The quantitative estimate of drug-likeness (QED) is 0.650. The molecule has 1 nitrogen and oxygen atoms in total. The number of aromatic nitrogens is 1. The second kappa shape index (κ2) is 3.26. The molecule has 64 valence electrons. The summed E-state index contributed by atoms with van der Waals surface area (Å²) in [6.45, 7) is 2.03. The number of hydrogen-bond acceptors (Lipinski definition) is 1. The van der Waals surface area contributed by atoms with E-state index < -0.39 is 0 Å². The van der Waals surface area contributed by atoms with E-state index in [0.717, 1.165) is 11.6 Å². The van der Waals surface area contributed by atoms with Crippen LogP contribution in [0.15, 0.2) is 18.3 Å². The molecule has 0 aliphatic heterocycles. The minimum Gasteiger partial charge on any atom is -0.261 e. The molecule has 0 atom stereocenters. The summed E-state index contributed by atoms with van der Waals surface area (Å²) in [4.78, 5) is 4.29. The zero-order chi connectivity index (χ0) is 8.39. The van der Waals surface area contributed by atoms with Crippen molar-refractivity contribution in [3.8, 4) is 0 Å². The third kappa shape index (κ3) is 1.66. The van der Waals surface area contributed by atoms with Gasteiger partial charge in [0.15, 0.2) is 0 Å². The average molecular weight is 161 g/mol. The fourth-order valence-corrected chi connectivity index (χ4v) is 1.65. The number of rotatable bonds is 2. The Hall–Kier alpha value is -0.850. The van der Waals surface area contributed by atoms with Crippen LogP contribution in [0.3, 0.4) is 0 Å². The Morgan fingerprint density at radius 1 is 1.42 bits per heavy atom. The van der Waals surface area contributed by atoms with E-state index in [0.29, 0.717) is 0 Å². The van der Waals surface area contributed by atoms with Gasteiger partial charge in [-0.25, -0.2) is 0 Å². The summed E-state index contributed by atoms with van der Waals surface area (Å²) in [5.74, 6) is 0.953. The topological polar surface area (TPSA) is 12.9 Å². The predicted molar refractivity (Wildman–Crippen MR) is 50.0 cm³/mol. The summed E-state index contributed by atoms with van der Waals surface area (Å²) in [6.07, 6.45) is 7.55. The second-order valence-electron chi connectivity index (χ2n) is 3.81. The molecule has 0 N–H and O–H groups in total. The highest BCUT2D eigenvalue weighted by molar-refractivity contribution is 5.14. The van der Waals surface area contributed by atoms with Gasteiger partial charge in [0.25, 0.3) is 0 Å². The van der Waals surface area contributed by atoms with E-state index in [1.165, 1.54) is 31.2 Å². The molecule has 0 radical (unpaired) electrons. The van der Waals surface area contributed by atoms with Gasteiger partial charge in [-0.2, -0.15) is 0 Å². The number of pyridine rings is 1. The van der Waals surface area contributed by atoms with Gasteiger partial charge in [0.1, 0.15) is 0 Å². The van der Waals surface area contributed by atoms with Crippen LogP contribution >= 0.6 is 0 Å². The first-order valence-corrected chi connectivity index (χ1v) is 4.76. The molecule has 2 rings (SSSR count). The molecule has 1 heteroatoms. The highest BCUT2D eigenvalue weighted by Gasteiger charge is 2.17. The Labute approximate surface area is 73.8 Å². The van der Waals surface area contributed by atoms with Crippen molar-refractivity contribution in [3.63, 3.8) is 0 Å². The maximum absolute atomic E-state index is 4.29. The lowest BCUT2D eigenvalue weighted by molar-refractivity contribution is 0.314. The van der Waals surface area contributed by atoms with Crippen LogP contribution in [0.25, 0.3) is 0 Å². The van der Waals surface area contributed by atoms with Gasteiger partial charge in [-0.3, -0.25) is 4.98 Å². The molecule has 0 saturated heterocycles. The van der Waals surface area contributed by atoms with Gasteiger partial charge in [0.05, 0.1) is 0 Å². The first-order chi connectivity index (χ1) is 5.84. The van der Waals surface area contributed by atoms with Gasteiger partial charge in [-0.15, -0.1) is 0 Å².